The van der Waals surface area contributed by atoms with Crippen molar-refractivity contribution in [2.75, 3.05) is 0 Å². The minimum absolute atomic E-state index is 0.128. The third-order valence-corrected chi connectivity index (χ3v) is 4.08. The highest BCUT2D eigenvalue weighted by Gasteiger charge is 2.44. The lowest BCUT2D eigenvalue weighted by molar-refractivity contribution is -0.237. The van der Waals surface area contributed by atoms with E-state index in [9.17, 15) is 4.79 Å². The van der Waals surface area contributed by atoms with Gasteiger partial charge in [-0.25, -0.2) is 4.79 Å². The maximum atomic E-state index is 10.8. The molecule has 0 spiro atoms. The number of hydrogen-bond acceptors (Lipinski definition) is 3. The Morgan fingerprint density at radius 3 is 1.70 bits per heavy atom. The van der Waals surface area contributed by atoms with E-state index in [1.54, 1.807) is 5.06 Å². The predicted octanol–water partition coefficient (Wildman–Crippen LogP) is 3.71. The summed E-state index contributed by atoms with van der Waals surface area (Å²) in [7, 11) is 0. The molecule has 4 nitrogen and oxygen atoms in total. The molecule has 0 aromatic heterocycles. The van der Waals surface area contributed by atoms with Gasteiger partial charge in [0, 0.05) is 0 Å². The van der Waals surface area contributed by atoms with Gasteiger partial charge in [0.2, 0.25) is 0 Å². The molecule has 0 unspecified atom stereocenters. The lowest BCUT2D eigenvalue weighted by Gasteiger charge is -2.49. The van der Waals surface area contributed by atoms with E-state index in [1.165, 1.54) is 11.1 Å². The maximum absolute atomic E-state index is 10.8. The van der Waals surface area contributed by atoms with Crippen LogP contribution in [0.5, 0.6) is 0 Å². The van der Waals surface area contributed by atoms with Crippen LogP contribution in [0.2, 0.25) is 0 Å². The third kappa shape index (κ3) is 2.96. The van der Waals surface area contributed by atoms with E-state index in [0.29, 0.717) is 0 Å². The monoisotopic (exact) mass is 276 g/mol. The van der Waals surface area contributed by atoms with E-state index in [4.69, 9.17) is 10.6 Å². The second-order valence-corrected chi connectivity index (χ2v) is 6.76. The van der Waals surface area contributed by atoms with Gasteiger partial charge in [-0.3, -0.25) is 0 Å². The fourth-order valence-corrected chi connectivity index (χ4v) is 2.98. The molecule has 3 rings (SSSR count). The lowest BCUT2D eigenvalue weighted by Crippen LogP contribution is -2.59. The second kappa shape index (κ2) is 5.09. The number of rotatable bonds is 1. The molecule has 110 valence electrons. The van der Waals surface area contributed by atoms with Crippen molar-refractivity contribution < 1.29 is 9.63 Å². The predicted molar refractivity (Wildman–Crippen MR) is 80.0 cm³/mol. The van der Waals surface area contributed by atoms with Crippen molar-refractivity contribution in [3.05, 3.63) is 24.3 Å². The zero-order valence-electron chi connectivity index (χ0n) is 12.8. The van der Waals surface area contributed by atoms with Gasteiger partial charge >= 0.3 is 6.09 Å². The number of piperidine rings is 1. The molecular weight excluding hydrogens is 252 g/mol. The van der Waals surface area contributed by atoms with Crippen molar-refractivity contribution >= 4 is 6.09 Å². The first-order valence-corrected chi connectivity index (χ1v) is 7.11. The van der Waals surface area contributed by atoms with E-state index >= 15 is 0 Å². The van der Waals surface area contributed by atoms with Crippen LogP contribution in [0.1, 0.15) is 47.0 Å². The highest BCUT2D eigenvalue weighted by Crippen LogP contribution is 2.38. The Hall–Kier alpha value is -1.55. The summed E-state index contributed by atoms with van der Waals surface area (Å²) in [5, 5.41) is 1.74. The number of hydrogen-bond donors (Lipinski definition) is 1. The lowest BCUT2D eigenvalue weighted by atomic mass is 9.82. The SMILES string of the molecule is CC1(C)CCCC(C)(C)N1OC(N)=O.c1cc2ccc1-2. The molecule has 1 saturated heterocycles. The Balaban J connectivity index is 0.000000198. The van der Waals surface area contributed by atoms with Crippen LogP contribution in [0.3, 0.4) is 0 Å². The van der Waals surface area contributed by atoms with Crippen LogP contribution in [0.4, 0.5) is 4.79 Å². The second-order valence-electron chi connectivity index (χ2n) is 6.76. The van der Waals surface area contributed by atoms with Gasteiger partial charge in [0.25, 0.3) is 0 Å². The minimum atomic E-state index is -0.729. The van der Waals surface area contributed by atoms with Crippen LogP contribution in [-0.2, 0) is 4.84 Å². The Morgan fingerprint density at radius 2 is 1.45 bits per heavy atom. The number of hydroxylamine groups is 2. The smallest absolute Gasteiger partial charge is 0.350 e. The standard InChI is InChI=1S/C10H20N2O2.C6H4/c1-9(2)6-5-7-10(3,4)12(9)14-8(11)13;1-2-6-4-3-5(1)6/h5-7H2,1-4H3,(H2,11,13);1-4H. The van der Waals surface area contributed by atoms with Crippen molar-refractivity contribution in [2.45, 2.75) is 58.0 Å². The molecule has 1 aliphatic heterocycles. The first-order chi connectivity index (χ1) is 9.22. The van der Waals surface area contributed by atoms with Gasteiger partial charge in [-0.1, -0.05) is 24.3 Å². The molecule has 4 heteroatoms. The molecule has 1 amide bonds. The van der Waals surface area contributed by atoms with E-state index in [2.05, 4.69) is 52.0 Å². The molecule has 0 saturated carbocycles. The molecule has 3 aliphatic rings. The van der Waals surface area contributed by atoms with Gasteiger partial charge in [-0.2, -0.15) is 0 Å². The molecule has 0 atom stereocenters. The number of nitrogens with two attached hydrogens (primary N) is 1. The molecule has 0 aromatic carbocycles. The van der Waals surface area contributed by atoms with Crippen molar-refractivity contribution in [2.24, 2.45) is 5.73 Å². The summed E-state index contributed by atoms with van der Waals surface area (Å²) in [4.78, 5) is 15.9. The summed E-state index contributed by atoms with van der Waals surface area (Å²) < 4.78 is 0. The summed E-state index contributed by atoms with van der Waals surface area (Å²) in [5.74, 6) is 0. The Bertz CT molecular complexity index is 455. The fraction of sp³-hybridized carbons (Fsp3) is 0.562. The quantitative estimate of drug-likeness (QED) is 0.864. The van der Waals surface area contributed by atoms with E-state index < -0.39 is 6.09 Å². The number of nitrogens with zero attached hydrogens (tertiary/aromatic N) is 1. The molecule has 0 radical (unpaired) electrons. The molecule has 2 aliphatic carbocycles. The summed E-state index contributed by atoms with van der Waals surface area (Å²) in [6, 6.07) is 8.48. The molecule has 0 aromatic rings. The van der Waals surface area contributed by atoms with E-state index in [1.807, 2.05) is 0 Å². The summed E-state index contributed by atoms with van der Waals surface area (Å²) in [6.07, 6.45) is 2.46. The number of carbonyl (C=O) groups is 1. The number of carbonyl (C=O) groups excluding carboxylic acids is 1. The Labute approximate surface area is 120 Å². The highest BCUT2D eigenvalue weighted by molar-refractivity contribution is 5.75. The van der Waals surface area contributed by atoms with E-state index in [-0.39, 0.29) is 11.1 Å². The van der Waals surface area contributed by atoms with Crippen LogP contribution >= 0.6 is 0 Å². The summed E-state index contributed by atoms with van der Waals surface area (Å²) in [6.45, 7) is 8.27. The van der Waals surface area contributed by atoms with Crippen molar-refractivity contribution in [1.82, 2.24) is 5.06 Å². The number of amides is 1. The van der Waals surface area contributed by atoms with Crippen LogP contribution in [0.15, 0.2) is 24.3 Å². The molecular formula is C16H24N2O2. The first-order valence-electron chi connectivity index (χ1n) is 7.11. The largest absolute Gasteiger partial charge is 0.423 e. The molecule has 2 N–H and O–H groups in total. The number of fused-ring (bicyclic) bond motifs is 1. The Kier molecular flexibility index (Phi) is 3.78. The van der Waals surface area contributed by atoms with Gasteiger partial charge < -0.3 is 10.6 Å². The van der Waals surface area contributed by atoms with Crippen molar-refractivity contribution in [3.63, 3.8) is 0 Å². The van der Waals surface area contributed by atoms with Crippen molar-refractivity contribution in [1.29, 1.82) is 0 Å². The average molecular weight is 276 g/mol. The van der Waals surface area contributed by atoms with Crippen LogP contribution in [0.25, 0.3) is 11.1 Å². The topological polar surface area (TPSA) is 55.6 Å². The first kappa shape index (κ1) is 14.9. The normalized spacial score (nSPS) is 21.4. The number of benzene rings is 1. The molecule has 1 heterocycles. The van der Waals surface area contributed by atoms with Crippen LogP contribution < -0.4 is 5.73 Å². The third-order valence-electron chi connectivity index (χ3n) is 4.08. The Morgan fingerprint density at radius 1 is 1.05 bits per heavy atom. The molecule has 0 bridgehead atoms. The van der Waals surface area contributed by atoms with Gasteiger partial charge in [0.05, 0.1) is 11.1 Å². The highest BCUT2D eigenvalue weighted by atomic mass is 16.7. The molecule has 20 heavy (non-hydrogen) atoms. The molecule has 1 fully saturated rings. The maximum Gasteiger partial charge on any atom is 0.423 e. The summed E-state index contributed by atoms with van der Waals surface area (Å²) >= 11 is 0. The van der Waals surface area contributed by atoms with Gasteiger partial charge in [-0.05, 0) is 58.1 Å². The number of primary amides is 1. The van der Waals surface area contributed by atoms with Gasteiger partial charge in [-0.15, -0.1) is 5.06 Å². The van der Waals surface area contributed by atoms with Crippen LogP contribution in [-0.4, -0.2) is 22.2 Å². The minimum Gasteiger partial charge on any atom is -0.350 e. The van der Waals surface area contributed by atoms with Crippen LogP contribution in [0, 0.1) is 0 Å². The zero-order chi connectivity index (χ0) is 15.0. The van der Waals surface area contributed by atoms with Gasteiger partial charge in [0.1, 0.15) is 0 Å². The zero-order valence-corrected chi connectivity index (χ0v) is 12.8. The average Bonchev–Trinajstić information content (AvgIpc) is 2.29. The van der Waals surface area contributed by atoms with E-state index in [0.717, 1.165) is 19.3 Å². The van der Waals surface area contributed by atoms with Gasteiger partial charge in [0.15, 0.2) is 0 Å². The van der Waals surface area contributed by atoms with Crippen molar-refractivity contribution in [3.8, 4) is 11.1 Å². The summed E-state index contributed by atoms with van der Waals surface area (Å²) in [5.41, 5.74) is 7.66. The fourth-order valence-electron chi connectivity index (χ4n) is 2.98.